The van der Waals surface area contributed by atoms with Gasteiger partial charge in [0.1, 0.15) is 0 Å². The van der Waals surface area contributed by atoms with Crippen molar-refractivity contribution < 1.29 is 9.84 Å². The highest BCUT2D eigenvalue weighted by molar-refractivity contribution is 5.16. The summed E-state index contributed by atoms with van der Waals surface area (Å²) in [6, 6.07) is 10.5. The molecule has 1 fully saturated rings. The van der Waals surface area contributed by atoms with Gasteiger partial charge in [0.05, 0.1) is 37.9 Å². The van der Waals surface area contributed by atoms with Crippen LogP contribution >= 0.6 is 0 Å². The number of rotatable bonds is 5. The third-order valence-electron chi connectivity index (χ3n) is 3.92. The van der Waals surface area contributed by atoms with E-state index in [2.05, 4.69) is 38.7 Å². The SMILES string of the molecule is OC[C@@H]1COCCN1Cc1cncn1Cc1ccccc1. The van der Waals surface area contributed by atoms with Crippen molar-refractivity contribution in [2.45, 2.75) is 19.1 Å². The van der Waals surface area contributed by atoms with Crippen LogP contribution in [0.15, 0.2) is 42.9 Å². The summed E-state index contributed by atoms with van der Waals surface area (Å²) in [5.74, 6) is 0. The molecule has 21 heavy (non-hydrogen) atoms. The summed E-state index contributed by atoms with van der Waals surface area (Å²) in [7, 11) is 0. The van der Waals surface area contributed by atoms with Crippen molar-refractivity contribution in [2.24, 2.45) is 0 Å². The lowest BCUT2D eigenvalue weighted by molar-refractivity contribution is -0.0321. The zero-order valence-electron chi connectivity index (χ0n) is 12.1. The van der Waals surface area contributed by atoms with Crippen LogP contribution in [-0.2, 0) is 17.8 Å². The maximum atomic E-state index is 9.45. The molecule has 1 aliphatic rings. The van der Waals surface area contributed by atoms with Gasteiger partial charge in [0.25, 0.3) is 0 Å². The van der Waals surface area contributed by atoms with Crippen LogP contribution in [0.5, 0.6) is 0 Å². The Balaban J connectivity index is 1.70. The van der Waals surface area contributed by atoms with Crippen LogP contribution in [0, 0.1) is 0 Å². The highest BCUT2D eigenvalue weighted by Gasteiger charge is 2.23. The van der Waals surface area contributed by atoms with Crippen LogP contribution < -0.4 is 0 Å². The normalized spacial score (nSPS) is 19.8. The van der Waals surface area contributed by atoms with E-state index in [4.69, 9.17) is 4.74 Å². The molecule has 3 rings (SSSR count). The average molecular weight is 287 g/mol. The van der Waals surface area contributed by atoms with E-state index < -0.39 is 0 Å². The summed E-state index contributed by atoms with van der Waals surface area (Å²) in [4.78, 5) is 6.54. The van der Waals surface area contributed by atoms with Gasteiger partial charge in [-0.25, -0.2) is 4.98 Å². The summed E-state index contributed by atoms with van der Waals surface area (Å²) in [5, 5.41) is 9.45. The Morgan fingerprint density at radius 3 is 2.90 bits per heavy atom. The van der Waals surface area contributed by atoms with Gasteiger partial charge >= 0.3 is 0 Å². The maximum absolute atomic E-state index is 9.45. The van der Waals surface area contributed by atoms with E-state index in [9.17, 15) is 5.11 Å². The summed E-state index contributed by atoms with van der Waals surface area (Å²) in [6.45, 7) is 3.92. The standard InChI is InChI=1S/C16H21N3O2/c20-11-16-12-21-7-6-18(16)10-15-8-17-13-19(15)9-14-4-2-1-3-5-14/h1-5,8,13,16,20H,6-7,9-12H2/t16-/m1/s1. The molecule has 0 aliphatic carbocycles. The largest absolute Gasteiger partial charge is 0.395 e. The Morgan fingerprint density at radius 1 is 1.24 bits per heavy atom. The number of ether oxygens (including phenoxy) is 1. The number of nitrogens with zero attached hydrogens (tertiary/aromatic N) is 3. The molecule has 1 aromatic carbocycles. The minimum absolute atomic E-state index is 0.0822. The highest BCUT2D eigenvalue weighted by atomic mass is 16.5. The minimum atomic E-state index is 0.0822. The number of aliphatic hydroxyl groups excluding tert-OH is 1. The summed E-state index contributed by atoms with van der Waals surface area (Å²) in [6.07, 6.45) is 3.78. The molecule has 1 aromatic heterocycles. The molecule has 5 nitrogen and oxygen atoms in total. The number of hydrogen-bond donors (Lipinski definition) is 1. The van der Waals surface area contributed by atoms with Crippen molar-refractivity contribution >= 4 is 0 Å². The van der Waals surface area contributed by atoms with Crippen molar-refractivity contribution in [1.29, 1.82) is 0 Å². The van der Waals surface area contributed by atoms with Crippen molar-refractivity contribution in [3.63, 3.8) is 0 Å². The van der Waals surface area contributed by atoms with Crippen LogP contribution in [0.1, 0.15) is 11.3 Å². The summed E-state index contributed by atoms with van der Waals surface area (Å²) in [5.41, 5.74) is 2.43. The minimum Gasteiger partial charge on any atom is -0.395 e. The van der Waals surface area contributed by atoms with Gasteiger partial charge < -0.3 is 14.4 Å². The summed E-state index contributed by atoms with van der Waals surface area (Å²) >= 11 is 0. The fourth-order valence-corrected chi connectivity index (χ4v) is 2.68. The molecule has 1 N–H and O–H groups in total. The monoisotopic (exact) mass is 287 g/mol. The van der Waals surface area contributed by atoms with Gasteiger partial charge in [-0.1, -0.05) is 30.3 Å². The number of aliphatic hydroxyl groups is 1. The van der Waals surface area contributed by atoms with E-state index in [1.807, 2.05) is 18.6 Å². The first-order valence-corrected chi connectivity index (χ1v) is 7.32. The second-order valence-electron chi connectivity index (χ2n) is 5.38. The number of morpholine rings is 1. The van der Waals surface area contributed by atoms with Crippen molar-refractivity contribution in [1.82, 2.24) is 14.5 Å². The number of hydrogen-bond acceptors (Lipinski definition) is 4. The molecular weight excluding hydrogens is 266 g/mol. The Labute approximate surface area is 124 Å². The second-order valence-corrected chi connectivity index (χ2v) is 5.38. The lowest BCUT2D eigenvalue weighted by Gasteiger charge is -2.34. The predicted octanol–water partition coefficient (Wildman–Crippen LogP) is 1.12. The Morgan fingerprint density at radius 2 is 2.10 bits per heavy atom. The quantitative estimate of drug-likeness (QED) is 0.895. The first-order chi connectivity index (χ1) is 10.4. The molecule has 0 unspecified atom stereocenters. The van der Waals surface area contributed by atoms with Gasteiger partial charge in [-0.2, -0.15) is 0 Å². The molecule has 0 amide bonds. The number of imidazole rings is 1. The van der Waals surface area contributed by atoms with Gasteiger partial charge in [-0.15, -0.1) is 0 Å². The second kappa shape index (κ2) is 6.85. The van der Waals surface area contributed by atoms with Crippen molar-refractivity contribution in [2.75, 3.05) is 26.4 Å². The average Bonchev–Trinajstić information content (AvgIpc) is 2.96. The predicted molar refractivity (Wildman–Crippen MR) is 79.9 cm³/mol. The molecule has 1 saturated heterocycles. The molecule has 2 aromatic rings. The third-order valence-corrected chi connectivity index (χ3v) is 3.92. The smallest absolute Gasteiger partial charge is 0.0951 e. The Bertz CT molecular complexity index is 556. The van der Waals surface area contributed by atoms with Crippen LogP contribution in [0.3, 0.4) is 0 Å². The molecular formula is C16H21N3O2. The molecule has 1 aliphatic heterocycles. The molecule has 2 heterocycles. The first-order valence-electron chi connectivity index (χ1n) is 7.32. The van der Waals surface area contributed by atoms with E-state index in [0.29, 0.717) is 6.61 Å². The zero-order chi connectivity index (χ0) is 14.5. The molecule has 0 bridgehead atoms. The molecule has 112 valence electrons. The zero-order valence-corrected chi connectivity index (χ0v) is 12.1. The van der Waals surface area contributed by atoms with E-state index in [0.717, 1.165) is 26.2 Å². The molecule has 0 radical (unpaired) electrons. The van der Waals surface area contributed by atoms with Crippen LogP contribution in [0.4, 0.5) is 0 Å². The third kappa shape index (κ3) is 3.50. The molecule has 0 saturated carbocycles. The van der Waals surface area contributed by atoms with E-state index in [1.165, 1.54) is 11.3 Å². The maximum Gasteiger partial charge on any atom is 0.0951 e. The van der Waals surface area contributed by atoms with E-state index in [-0.39, 0.29) is 12.6 Å². The number of aromatic nitrogens is 2. The lowest BCUT2D eigenvalue weighted by atomic mass is 10.2. The lowest BCUT2D eigenvalue weighted by Crippen LogP contribution is -2.47. The number of benzene rings is 1. The topological polar surface area (TPSA) is 50.5 Å². The molecule has 5 heteroatoms. The van der Waals surface area contributed by atoms with E-state index in [1.54, 1.807) is 0 Å². The Kier molecular flexibility index (Phi) is 4.65. The van der Waals surface area contributed by atoms with Crippen LogP contribution in [0.25, 0.3) is 0 Å². The fraction of sp³-hybridized carbons (Fsp3) is 0.438. The van der Waals surface area contributed by atoms with Crippen LogP contribution in [0.2, 0.25) is 0 Å². The molecule has 1 atom stereocenters. The first kappa shape index (κ1) is 14.3. The van der Waals surface area contributed by atoms with E-state index >= 15 is 0 Å². The van der Waals surface area contributed by atoms with Gasteiger partial charge in [0, 0.05) is 25.8 Å². The Hall–Kier alpha value is -1.69. The fourth-order valence-electron chi connectivity index (χ4n) is 2.68. The highest BCUT2D eigenvalue weighted by Crippen LogP contribution is 2.13. The van der Waals surface area contributed by atoms with Gasteiger partial charge in [-0.3, -0.25) is 4.90 Å². The van der Waals surface area contributed by atoms with Crippen molar-refractivity contribution in [3.05, 3.63) is 54.1 Å². The van der Waals surface area contributed by atoms with Gasteiger partial charge in [-0.05, 0) is 5.56 Å². The van der Waals surface area contributed by atoms with Gasteiger partial charge in [0.2, 0.25) is 0 Å². The van der Waals surface area contributed by atoms with Gasteiger partial charge in [0.15, 0.2) is 0 Å². The van der Waals surface area contributed by atoms with Crippen molar-refractivity contribution in [3.8, 4) is 0 Å². The molecule has 0 spiro atoms. The van der Waals surface area contributed by atoms with Crippen LogP contribution in [-0.4, -0.2) is 52.0 Å². The summed E-state index contributed by atoms with van der Waals surface area (Å²) < 4.78 is 7.59.